The zero-order valence-electron chi connectivity index (χ0n) is 16.0. The highest BCUT2D eigenvalue weighted by Crippen LogP contribution is 2.31. The van der Waals surface area contributed by atoms with Gasteiger partial charge in [0.05, 0.1) is 29.0 Å². The van der Waals surface area contributed by atoms with E-state index in [1.807, 2.05) is 22.9 Å². The number of fused-ring (bicyclic) bond motifs is 1. The summed E-state index contributed by atoms with van der Waals surface area (Å²) < 4.78 is 1.96. The van der Waals surface area contributed by atoms with Crippen LogP contribution >= 0.6 is 12.4 Å². The van der Waals surface area contributed by atoms with Crippen LogP contribution in [0.4, 0.5) is 5.69 Å². The number of nitrogen functional groups attached to an aromatic ring is 1. The molecule has 0 spiro atoms. The van der Waals surface area contributed by atoms with Gasteiger partial charge in [0.25, 0.3) is 5.91 Å². The van der Waals surface area contributed by atoms with E-state index < -0.39 is 0 Å². The van der Waals surface area contributed by atoms with Crippen LogP contribution in [0.15, 0.2) is 24.4 Å². The van der Waals surface area contributed by atoms with Crippen LogP contribution in [-0.2, 0) is 18.4 Å². The molecule has 3 N–H and O–H groups in total. The predicted octanol–water partition coefficient (Wildman–Crippen LogP) is 4.01. The molecule has 1 aliphatic rings. The summed E-state index contributed by atoms with van der Waals surface area (Å²) in [7, 11) is 0. The lowest BCUT2D eigenvalue weighted by atomic mass is 9.87. The van der Waals surface area contributed by atoms with Crippen molar-refractivity contribution in [2.24, 2.45) is 0 Å². The van der Waals surface area contributed by atoms with Gasteiger partial charge in [-0.2, -0.15) is 5.10 Å². The predicted molar refractivity (Wildman–Crippen MR) is 108 cm³/mol. The van der Waals surface area contributed by atoms with Crippen molar-refractivity contribution in [2.75, 3.05) is 5.73 Å². The lowest BCUT2D eigenvalue weighted by molar-refractivity contribution is 0.0931. The van der Waals surface area contributed by atoms with Crippen molar-refractivity contribution in [1.29, 1.82) is 0 Å². The largest absolute Gasteiger partial charge is 0.399 e. The molecule has 1 heterocycles. The number of hydrogen-bond acceptors (Lipinski definition) is 3. The third-order valence-corrected chi connectivity index (χ3v) is 4.87. The number of nitrogens with one attached hydrogen (secondary N) is 1. The molecule has 2 aromatic rings. The third kappa shape index (κ3) is 3.88. The molecule has 0 aliphatic heterocycles. The van der Waals surface area contributed by atoms with Gasteiger partial charge in [0, 0.05) is 5.69 Å². The van der Waals surface area contributed by atoms with Crippen LogP contribution in [0.25, 0.3) is 0 Å². The Morgan fingerprint density at radius 1 is 1.38 bits per heavy atom. The summed E-state index contributed by atoms with van der Waals surface area (Å²) in [6, 6.07) is 6.04. The molecule has 3 rings (SSSR count). The Kier molecular flexibility index (Phi) is 6.02. The minimum absolute atomic E-state index is 0. The van der Waals surface area contributed by atoms with Crippen LogP contribution in [-0.4, -0.2) is 15.7 Å². The van der Waals surface area contributed by atoms with Crippen LogP contribution in [0.3, 0.4) is 0 Å². The third-order valence-electron chi connectivity index (χ3n) is 4.87. The molecule has 0 radical (unpaired) electrons. The van der Waals surface area contributed by atoms with Crippen molar-refractivity contribution in [3.8, 4) is 0 Å². The van der Waals surface area contributed by atoms with Crippen molar-refractivity contribution in [3.05, 3.63) is 46.8 Å². The van der Waals surface area contributed by atoms with E-state index >= 15 is 0 Å². The van der Waals surface area contributed by atoms with Gasteiger partial charge in [-0.25, -0.2) is 0 Å². The topological polar surface area (TPSA) is 72.9 Å². The van der Waals surface area contributed by atoms with Crippen LogP contribution < -0.4 is 11.1 Å². The lowest BCUT2D eigenvalue weighted by Gasteiger charge is -2.27. The highest BCUT2D eigenvalue weighted by atomic mass is 35.5. The number of amides is 1. The molecule has 142 valence electrons. The molecule has 0 saturated heterocycles. The van der Waals surface area contributed by atoms with Crippen molar-refractivity contribution in [2.45, 2.75) is 65.0 Å². The van der Waals surface area contributed by atoms with E-state index in [-0.39, 0.29) is 29.9 Å². The van der Waals surface area contributed by atoms with Gasteiger partial charge in [-0.15, -0.1) is 12.4 Å². The Bertz CT molecular complexity index is 792. The smallest absolute Gasteiger partial charge is 0.255 e. The van der Waals surface area contributed by atoms with Crippen molar-refractivity contribution in [1.82, 2.24) is 15.1 Å². The van der Waals surface area contributed by atoms with Crippen LogP contribution in [0.1, 0.15) is 73.8 Å². The second-order valence-electron chi connectivity index (χ2n) is 7.82. The molecule has 5 nitrogen and oxygen atoms in total. The first kappa shape index (κ1) is 20.3. The fourth-order valence-corrected chi connectivity index (χ4v) is 3.70. The molecular formula is C20H29ClN4O. The zero-order chi connectivity index (χ0) is 18.2. The normalized spacial score (nSPS) is 16.5. The molecule has 1 aromatic carbocycles. The number of rotatable bonds is 3. The van der Waals surface area contributed by atoms with Crippen molar-refractivity contribution < 1.29 is 4.79 Å². The van der Waals surface area contributed by atoms with Gasteiger partial charge in [0.15, 0.2) is 0 Å². The monoisotopic (exact) mass is 376 g/mol. The van der Waals surface area contributed by atoms with Crippen LogP contribution in [0, 0.1) is 0 Å². The van der Waals surface area contributed by atoms with Crippen LogP contribution in [0.2, 0.25) is 0 Å². The van der Waals surface area contributed by atoms with Gasteiger partial charge < -0.3 is 11.1 Å². The second kappa shape index (κ2) is 7.70. The van der Waals surface area contributed by atoms with Gasteiger partial charge in [-0.05, 0) is 69.7 Å². The Labute approximate surface area is 161 Å². The quantitative estimate of drug-likeness (QED) is 0.795. The van der Waals surface area contributed by atoms with E-state index in [2.05, 4.69) is 38.1 Å². The molecule has 26 heavy (non-hydrogen) atoms. The highest BCUT2D eigenvalue weighted by Gasteiger charge is 2.26. The number of nitrogens with two attached hydrogens (primary N) is 1. The summed E-state index contributed by atoms with van der Waals surface area (Å²) in [6.45, 7) is 8.36. The van der Waals surface area contributed by atoms with E-state index in [1.54, 1.807) is 6.20 Å². The average Bonchev–Trinajstić information content (AvgIpc) is 2.99. The Hall–Kier alpha value is -2.01. The summed E-state index contributed by atoms with van der Waals surface area (Å²) in [6.07, 6.45) is 5.51. The van der Waals surface area contributed by atoms with Gasteiger partial charge in [-0.1, -0.05) is 13.0 Å². The summed E-state index contributed by atoms with van der Waals surface area (Å²) in [5.74, 6) is -0.0398. The summed E-state index contributed by atoms with van der Waals surface area (Å²) >= 11 is 0. The van der Waals surface area contributed by atoms with Crippen LogP contribution in [0.5, 0.6) is 0 Å². The van der Waals surface area contributed by atoms with Gasteiger partial charge in [-0.3, -0.25) is 9.48 Å². The number of benzene rings is 1. The standard InChI is InChI=1S/C20H28N4O.ClH/c1-5-18-16(12-22-24(18)20(2,3)4)19(25)23-17-8-6-7-13-11-14(21)9-10-15(13)17;/h9-12,17H,5-8,21H2,1-4H3,(H,23,25);1H. The molecule has 1 atom stereocenters. The molecule has 0 saturated carbocycles. The highest BCUT2D eigenvalue weighted by molar-refractivity contribution is 5.95. The number of nitrogens with zero attached hydrogens (tertiary/aromatic N) is 2. The van der Waals surface area contributed by atoms with E-state index in [1.165, 1.54) is 11.1 Å². The fraction of sp³-hybridized carbons (Fsp3) is 0.500. The molecular weight excluding hydrogens is 348 g/mol. The molecule has 0 bridgehead atoms. The molecule has 1 amide bonds. The minimum atomic E-state index is -0.140. The number of carbonyl (C=O) groups is 1. The minimum Gasteiger partial charge on any atom is -0.399 e. The van der Waals surface area contributed by atoms with Gasteiger partial charge in [0.2, 0.25) is 0 Å². The number of halogens is 1. The SMILES string of the molecule is CCc1c(C(=O)NC2CCCc3cc(N)ccc32)cnn1C(C)(C)C.Cl. The fourth-order valence-electron chi connectivity index (χ4n) is 3.70. The van der Waals surface area contributed by atoms with E-state index in [0.29, 0.717) is 5.56 Å². The first-order valence-electron chi connectivity index (χ1n) is 9.07. The van der Waals surface area contributed by atoms with Gasteiger partial charge in [0.1, 0.15) is 0 Å². The zero-order valence-corrected chi connectivity index (χ0v) is 16.8. The number of carbonyl (C=O) groups excluding carboxylic acids is 1. The summed E-state index contributed by atoms with van der Waals surface area (Å²) in [5, 5.41) is 7.68. The summed E-state index contributed by atoms with van der Waals surface area (Å²) in [4.78, 5) is 12.9. The van der Waals surface area contributed by atoms with Crippen molar-refractivity contribution >= 4 is 24.0 Å². The number of aryl methyl sites for hydroxylation is 1. The average molecular weight is 377 g/mol. The summed E-state index contributed by atoms with van der Waals surface area (Å²) in [5.41, 5.74) is 10.6. The van der Waals surface area contributed by atoms with E-state index in [4.69, 9.17) is 5.73 Å². The first-order chi connectivity index (χ1) is 11.8. The number of anilines is 1. The first-order valence-corrected chi connectivity index (χ1v) is 9.07. The molecule has 1 aromatic heterocycles. The molecule has 6 heteroatoms. The van der Waals surface area contributed by atoms with Gasteiger partial charge >= 0.3 is 0 Å². The second-order valence-corrected chi connectivity index (χ2v) is 7.82. The molecule has 1 aliphatic carbocycles. The maximum atomic E-state index is 12.9. The maximum Gasteiger partial charge on any atom is 0.255 e. The molecule has 0 fully saturated rings. The number of hydrogen-bond donors (Lipinski definition) is 2. The Balaban J connectivity index is 0.00000243. The lowest BCUT2D eigenvalue weighted by Crippen LogP contribution is -2.32. The van der Waals surface area contributed by atoms with E-state index in [9.17, 15) is 4.79 Å². The Morgan fingerprint density at radius 2 is 2.12 bits per heavy atom. The number of aromatic nitrogens is 2. The molecule has 1 unspecified atom stereocenters. The van der Waals surface area contributed by atoms with Crippen molar-refractivity contribution in [3.63, 3.8) is 0 Å². The Morgan fingerprint density at radius 3 is 2.77 bits per heavy atom. The van der Waals surface area contributed by atoms with E-state index in [0.717, 1.165) is 37.1 Å². The maximum absolute atomic E-state index is 12.9.